The van der Waals surface area contributed by atoms with Crippen molar-refractivity contribution in [3.63, 3.8) is 0 Å². The van der Waals surface area contributed by atoms with Crippen molar-refractivity contribution in [1.29, 1.82) is 0 Å². The van der Waals surface area contributed by atoms with E-state index in [2.05, 4.69) is 0 Å². The van der Waals surface area contributed by atoms with Crippen molar-refractivity contribution in [3.8, 4) is 17.2 Å². The highest BCUT2D eigenvalue weighted by Gasteiger charge is 2.17. The molecule has 0 saturated carbocycles. The van der Waals surface area contributed by atoms with Gasteiger partial charge in [-0.3, -0.25) is 4.79 Å². The van der Waals surface area contributed by atoms with E-state index in [1.165, 1.54) is 33.5 Å². The number of benzene rings is 1. The molecule has 1 aliphatic rings. The van der Waals surface area contributed by atoms with Crippen LogP contribution in [0.5, 0.6) is 17.2 Å². The number of hydrogen-bond donors (Lipinski definition) is 0. The Labute approximate surface area is 152 Å². The lowest BCUT2D eigenvalue weighted by atomic mass is 10.1. The first-order valence-electron chi connectivity index (χ1n) is 8.09. The van der Waals surface area contributed by atoms with Crippen molar-refractivity contribution < 1.29 is 33.3 Å². The number of ether oxygens (including phenoxy) is 5. The molecule has 0 aliphatic carbocycles. The molecular formula is C18H23NO7. The average Bonchev–Trinajstić information content (AvgIpc) is 2.70. The molecule has 1 heterocycles. The van der Waals surface area contributed by atoms with Gasteiger partial charge in [-0.25, -0.2) is 4.79 Å². The first-order chi connectivity index (χ1) is 12.6. The molecule has 8 heteroatoms. The van der Waals surface area contributed by atoms with Gasteiger partial charge in [0.15, 0.2) is 18.1 Å². The molecule has 0 bridgehead atoms. The minimum Gasteiger partial charge on any atom is -0.496 e. The van der Waals surface area contributed by atoms with Crippen LogP contribution in [0, 0.1) is 0 Å². The van der Waals surface area contributed by atoms with E-state index in [1.807, 2.05) is 0 Å². The molecule has 8 nitrogen and oxygen atoms in total. The van der Waals surface area contributed by atoms with E-state index in [0.29, 0.717) is 49.1 Å². The van der Waals surface area contributed by atoms with E-state index in [1.54, 1.807) is 17.0 Å². The zero-order valence-corrected chi connectivity index (χ0v) is 15.1. The molecule has 1 saturated heterocycles. The second-order valence-electron chi connectivity index (χ2n) is 5.38. The lowest BCUT2D eigenvalue weighted by molar-refractivity contribution is -0.150. The molecule has 26 heavy (non-hydrogen) atoms. The van der Waals surface area contributed by atoms with E-state index >= 15 is 0 Å². The first kappa shape index (κ1) is 19.6. The molecule has 0 radical (unpaired) electrons. The van der Waals surface area contributed by atoms with Crippen molar-refractivity contribution in [3.05, 3.63) is 23.8 Å². The predicted molar refractivity (Wildman–Crippen MR) is 93.5 cm³/mol. The van der Waals surface area contributed by atoms with Crippen LogP contribution in [0.4, 0.5) is 0 Å². The van der Waals surface area contributed by atoms with Gasteiger partial charge in [0, 0.05) is 30.8 Å². The molecule has 1 aliphatic heterocycles. The van der Waals surface area contributed by atoms with Crippen molar-refractivity contribution in [2.24, 2.45) is 0 Å². The second kappa shape index (κ2) is 9.67. The summed E-state index contributed by atoms with van der Waals surface area (Å²) in [5.74, 6) is 0.669. The number of carbonyl (C=O) groups is 2. The van der Waals surface area contributed by atoms with E-state index in [4.69, 9.17) is 23.7 Å². The Morgan fingerprint density at radius 3 is 2.27 bits per heavy atom. The van der Waals surface area contributed by atoms with Crippen LogP contribution in [0.2, 0.25) is 0 Å². The van der Waals surface area contributed by atoms with Gasteiger partial charge in [-0.1, -0.05) is 0 Å². The second-order valence-corrected chi connectivity index (χ2v) is 5.38. The Morgan fingerprint density at radius 2 is 1.65 bits per heavy atom. The molecule has 1 fully saturated rings. The van der Waals surface area contributed by atoms with Gasteiger partial charge in [0.05, 0.1) is 34.5 Å². The Morgan fingerprint density at radius 1 is 1.04 bits per heavy atom. The largest absolute Gasteiger partial charge is 0.496 e. The number of amides is 1. The lowest BCUT2D eigenvalue weighted by Crippen LogP contribution is -2.42. The third-order valence-corrected chi connectivity index (χ3v) is 3.84. The van der Waals surface area contributed by atoms with Gasteiger partial charge in [0.2, 0.25) is 0 Å². The maximum Gasteiger partial charge on any atom is 0.331 e. The summed E-state index contributed by atoms with van der Waals surface area (Å²) in [6, 6.07) is 3.34. The third-order valence-electron chi connectivity index (χ3n) is 3.84. The topological polar surface area (TPSA) is 83.5 Å². The van der Waals surface area contributed by atoms with Gasteiger partial charge in [0.1, 0.15) is 5.75 Å². The molecular weight excluding hydrogens is 342 g/mol. The van der Waals surface area contributed by atoms with Crippen molar-refractivity contribution >= 4 is 18.0 Å². The number of hydrogen-bond acceptors (Lipinski definition) is 7. The monoisotopic (exact) mass is 365 g/mol. The van der Waals surface area contributed by atoms with Crippen LogP contribution in [0.25, 0.3) is 6.08 Å². The maximum atomic E-state index is 11.9. The summed E-state index contributed by atoms with van der Waals surface area (Å²) < 4.78 is 25.9. The van der Waals surface area contributed by atoms with E-state index in [-0.39, 0.29) is 12.5 Å². The van der Waals surface area contributed by atoms with Gasteiger partial charge in [-0.2, -0.15) is 0 Å². The summed E-state index contributed by atoms with van der Waals surface area (Å²) in [6.45, 7) is 1.72. The average molecular weight is 365 g/mol. The Bertz CT molecular complexity index is 666. The van der Waals surface area contributed by atoms with Crippen LogP contribution >= 0.6 is 0 Å². The maximum absolute atomic E-state index is 11.9. The molecule has 0 aromatic heterocycles. The minimum absolute atomic E-state index is 0.237. The third kappa shape index (κ3) is 5.13. The molecule has 142 valence electrons. The summed E-state index contributed by atoms with van der Waals surface area (Å²) in [6.07, 6.45) is 2.76. The molecule has 0 atom stereocenters. The predicted octanol–water partition coefficient (Wildman–Crippen LogP) is 1.13. The van der Waals surface area contributed by atoms with Crippen molar-refractivity contribution in [2.45, 2.75) is 0 Å². The van der Waals surface area contributed by atoms with Gasteiger partial charge >= 0.3 is 5.97 Å². The zero-order chi connectivity index (χ0) is 18.9. The van der Waals surface area contributed by atoms with Crippen molar-refractivity contribution in [2.75, 3.05) is 54.2 Å². The summed E-state index contributed by atoms with van der Waals surface area (Å²) >= 11 is 0. The molecule has 0 unspecified atom stereocenters. The molecule has 1 amide bonds. The number of esters is 1. The minimum atomic E-state index is -0.622. The van der Waals surface area contributed by atoms with Crippen molar-refractivity contribution in [1.82, 2.24) is 4.90 Å². The lowest BCUT2D eigenvalue weighted by Gasteiger charge is -2.26. The SMILES string of the molecule is COc1cc(OC)c(OC)cc1/C=C/C(=O)OCC(=O)N1CCOCC1. The molecule has 2 rings (SSSR count). The smallest absolute Gasteiger partial charge is 0.331 e. The molecule has 0 spiro atoms. The normalized spacial score (nSPS) is 14.2. The molecule has 0 N–H and O–H groups in total. The van der Waals surface area contributed by atoms with E-state index in [9.17, 15) is 9.59 Å². The quantitative estimate of drug-likeness (QED) is 0.529. The van der Waals surface area contributed by atoms with Gasteiger partial charge < -0.3 is 28.6 Å². The fourth-order valence-corrected chi connectivity index (χ4v) is 2.43. The summed E-state index contributed by atoms with van der Waals surface area (Å²) in [4.78, 5) is 25.4. The van der Waals surface area contributed by atoms with E-state index in [0.717, 1.165) is 0 Å². The Kier molecular flexibility index (Phi) is 7.28. The molecule has 1 aromatic rings. The fourth-order valence-electron chi connectivity index (χ4n) is 2.43. The van der Waals surface area contributed by atoms with E-state index < -0.39 is 5.97 Å². The van der Waals surface area contributed by atoms with Gasteiger partial charge in [-0.05, 0) is 12.1 Å². The van der Waals surface area contributed by atoms with Gasteiger partial charge in [-0.15, -0.1) is 0 Å². The fraction of sp³-hybridized carbons (Fsp3) is 0.444. The number of rotatable bonds is 7. The summed E-state index contributed by atoms with van der Waals surface area (Å²) in [5, 5.41) is 0. The number of morpholine rings is 1. The first-order valence-corrected chi connectivity index (χ1v) is 8.09. The zero-order valence-electron chi connectivity index (χ0n) is 15.1. The highest BCUT2D eigenvalue weighted by Crippen LogP contribution is 2.35. The summed E-state index contributed by atoms with van der Waals surface area (Å²) in [5.41, 5.74) is 0.613. The van der Waals surface area contributed by atoms with Gasteiger partial charge in [0.25, 0.3) is 5.91 Å². The van der Waals surface area contributed by atoms with Crippen LogP contribution in [0.1, 0.15) is 5.56 Å². The van der Waals surface area contributed by atoms with Crippen LogP contribution in [0.3, 0.4) is 0 Å². The van der Waals surface area contributed by atoms with Crippen LogP contribution in [-0.4, -0.2) is 71.0 Å². The molecule has 1 aromatic carbocycles. The highest BCUT2D eigenvalue weighted by atomic mass is 16.5. The number of nitrogens with zero attached hydrogens (tertiary/aromatic N) is 1. The van der Waals surface area contributed by atoms with Crippen LogP contribution in [0.15, 0.2) is 18.2 Å². The number of methoxy groups -OCH3 is 3. The standard InChI is InChI=1S/C18H23NO7/c1-22-14-11-16(24-3)15(23-2)10-13(14)4-5-18(21)26-12-17(20)19-6-8-25-9-7-19/h4-5,10-11H,6-9,12H2,1-3H3/b5-4+. The Balaban J connectivity index is 1.97. The Hall–Kier alpha value is -2.74. The van der Waals surface area contributed by atoms with Crippen LogP contribution in [-0.2, 0) is 19.1 Å². The van der Waals surface area contributed by atoms with Crippen LogP contribution < -0.4 is 14.2 Å². The highest BCUT2D eigenvalue weighted by molar-refractivity contribution is 5.90. The number of carbonyl (C=O) groups excluding carboxylic acids is 2. The summed E-state index contributed by atoms with van der Waals surface area (Å²) in [7, 11) is 4.55.